The van der Waals surface area contributed by atoms with Crippen LogP contribution >= 0.6 is 11.3 Å². The summed E-state index contributed by atoms with van der Waals surface area (Å²) in [6.07, 6.45) is 3.84. The Kier molecular flexibility index (Phi) is 5.01. The van der Waals surface area contributed by atoms with E-state index in [0.717, 1.165) is 38.4 Å². The first-order chi connectivity index (χ1) is 8.34. The highest BCUT2D eigenvalue weighted by Crippen LogP contribution is 2.11. The van der Waals surface area contributed by atoms with Crippen molar-refractivity contribution in [3.63, 3.8) is 0 Å². The normalized spacial score (nSPS) is 19.4. The molecule has 17 heavy (non-hydrogen) atoms. The minimum atomic E-state index is 0.183. The molecule has 0 aromatic carbocycles. The first kappa shape index (κ1) is 12.6. The van der Waals surface area contributed by atoms with E-state index in [1.54, 1.807) is 11.3 Å². The minimum absolute atomic E-state index is 0.183. The second kappa shape index (κ2) is 6.77. The van der Waals surface area contributed by atoms with Crippen LogP contribution in [0.3, 0.4) is 0 Å². The fourth-order valence-corrected chi connectivity index (χ4v) is 2.86. The summed E-state index contributed by atoms with van der Waals surface area (Å²) in [7, 11) is 0. The first-order valence-electron chi connectivity index (χ1n) is 6.33. The van der Waals surface area contributed by atoms with Crippen molar-refractivity contribution in [2.24, 2.45) is 5.92 Å². The number of carbonyl (C=O) groups excluding carboxylic acids is 1. The van der Waals surface area contributed by atoms with Gasteiger partial charge in [0.1, 0.15) is 0 Å². The third-order valence-corrected chi connectivity index (χ3v) is 3.99. The van der Waals surface area contributed by atoms with E-state index in [0.29, 0.717) is 6.42 Å². The molecular weight excluding hydrogens is 232 g/mol. The molecule has 0 bridgehead atoms. The van der Waals surface area contributed by atoms with Gasteiger partial charge < -0.3 is 10.6 Å². The molecule has 1 aliphatic heterocycles. The second-order valence-electron chi connectivity index (χ2n) is 4.63. The Morgan fingerprint density at radius 1 is 1.59 bits per heavy atom. The Hall–Kier alpha value is -0.870. The molecule has 1 saturated heterocycles. The topological polar surface area (TPSA) is 41.1 Å². The van der Waals surface area contributed by atoms with Gasteiger partial charge in [0.15, 0.2) is 0 Å². The van der Waals surface area contributed by atoms with Gasteiger partial charge in [0.25, 0.3) is 0 Å². The van der Waals surface area contributed by atoms with Crippen LogP contribution in [0.15, 0.2) is 16.8 Å². The molecular formula is C13H20N2OS. The molecule has 1 unspecified atom stereocenters. The van der Waals surface area contributed by atoms with Gasteiger partial charge >= 0.3 is 0 Å². The predicted octanol–water partition coefficient (Wildman–Crippen LogP) is 1.80. The SMILES string of the molecule is O=C(CCc1ccsc1)NCCC1CCNC1. The van der Waals surface area contributed by atoms with E-state index < -0.39 is 0 Å². The maximum Gasteiger partial charge on any atom is 0.220 e. The number of rotatable bonds is 6. The molecule has 0 saturated carbocycles. The van der Waals surface area contributed by atoms with Crippen molar-refractivity contribution in [3.05, 3.63) is 22.4 Å². The third kappa shape index (κ3) is 4.48. The molecule has 0 spiro atoms. The molecule has 1 fully saturated rings. The van der Waals surface area contributed by atoms with E-state index in [2.05, 4.69) is 27.5 Å². The first-order valence-corrected chi connectivity index (χ1v) is 7.27. The summed E-state index contributed by atoms with van der Waals surface area (Å²) in [4.78, 5) is 11.6. The molecule has 2 N–H and O–H groups in total. The van der Waals surface area contributed by atoms with Gasteiger partial charge in [-0.1, -0.05) is 0 Å². The van der Waals surface area contributed by atoms with Crippen molar-refractivity contribution in [1.82, 2.24) is 10.6 Å². The van der Waals surface area contributed by atoms with Crippen molar-refractivity contribution in [1.29, 1.82) is 0 Å². The maximum atomic E-state index is 11.6. The number of carbonyl (C=O) groups is 1. The summed E-state index contributed by atoms with van der Waals surface area (Å²) >= 11 is 1.69. The van der Waals surface area contributed by atoms with Crippen molar-refractivity contribution in [2.45, 2.75) is 25.7 Å². The number of hydrogen-bond donors (Lipinski definition) is 2. The summed E-state index contributed by atoms with van der Waals surface area (Å²) in [6.45, 7) is 3.08. The minimum Gasteiger partial charge on any atom is -0.356 e. The van der Waals surface area contributed by atoms with Crippen LogP contribution < -0.4 is 10.6 Å². The molecule has 1 aromatic rings. The molecule has 94 valence electrons. The molecule has 0 aliphatic carbocycles. The lowest BCUT2D eigenvalue weighted by Crippen LogP contribution is -2.26. The summed E-state index contributed by atoms with van der Waals surface area (Å²) < 4.78 is 0. The lowest BCUT2D eigenvalue weighted by atomic mass is 10.1. The van der Waals surface area contributed by atoms with Gasteiger partial charge in [-0.2, -0.15) is 11.3 Å². The predicted molar refractivity (Wildman–Crippen MR) is 71.2 cm³/mol. The molecule has 2 rings (SSSR count). The van der Waals surface area contributed by atoms with Crippen LogP contribution in [0.4, 0.5) is 0 Å². The summed E-state index contributed by atoms with van der Waals surface area (Å²) in [5.41, 5.74) is 1.27. The standard InChI is InChI=1S/C13H20N2OS/c16-13(2-1-12-5-8-17-10-12)15-7-4-11-3-6-14-9-11/h5,8,10-11,14H,1-4,6-7,9H2,(H,15,16). The van der Waals surface area contributed by atoms with E-state index in [1.807, 2.05) is 0 Å². The van der Waals surface area contributed by atoms with Crippen LogP contribution in [0.1, 0.15) is 24.8 Å². The monoisotopic (exact) mass is 252 g/mol. The number of aryl methyl sites for hydroxylation is 1. The van der Waals surface area contributed by atoms with Gasteiger partial charge in [0, 0.05) is 13.0 Å². The largest absolute Gasteiger partial charge is 0.356 e. The van der Waals surface area contributed by atoms with E-state index >= 15 is 0 Å². The van der Waals surface area contributed by atoms with Gasteiger partial charge in [-0.05, 0) is 60.7 Å². The lowest BCUT2D eigenvalue weighted by molar-refractivity contribution is -0.121. The number of nitrogens with one attached hydrogen (secondary N) is 2. The Labute approximate surface area is 107 Å². The zero-order valence-electron chi connectivity index (χ0n) is 10.1. The quantitative estimate of drug-likeness (QED) is 0.810. The van der Waals surface area contributed by atoms with Gasteiger partial charge in [-0.25, -0.2) is 0 Å². The van der Waals surface area contributed by atoms with Crippen molar-refractivity contribution in [2.75, 3.05) is 19.6 Å². The molecule has 2 heterocycles. The zero-order valence-corrected chi connectivity index (χ0v) is 10.9. The zero-order chi connectivity index (χ0) is 11.9. The Morgan fingerprint density at radius 3 is 3.24 bits per heavy atom. The van der Waals surface area contributed by atoms with Crippen LogP contribution in [0.25, 0.3) is 0 Å². The number of thiophene rings is 1. The molecule has 1 atom stereocenters. The van der Waals surface area contributed by atoms with Crippen LogP contribution in [-0.2, 0) is 11.2 Å². The molecule has 0 radical (unpaired) electrons. The van der Waals surface area contributed by atoms with Crippen molar-refractivity contribution in [3.8, 4) is 0 Å². The average Bonchev–Trinajstić information content (AvgIpc) is 2.99. The van der Waals surface area contributed by atoms with Crippen LogP contribution in [-0.4, -0.2) is 25.5 Å². The smallest absolute Gasteiger partial charge is 0.220 e. The summed E-state index contributed by atoms with van der Waals surface area (Å²) in [5.74, 6) is 0.939. The van der Waals surface area contributed by atoms with E-state index in [4.69, 9.17) is 0 Å². The Bertz CT molecular complexity index is 331. The third-order valence-electron chi connectivity index (χ3n) is 3.26. The van der Waals surface area contributed by atoms with Crippen LogP contribution in [0.5, 0.6) is 0 Å². The number of hydrogen-bond acceptors (Lipinski definition) is 3. The Morgan fingerprint density at radius 2 is 2.53 bits per heavy atom. The van der Waals surface area contributed by atoms with E-state index in [9.17, 15) is 4.79 Å². The fourth-order valence-electron chi connectivity index (χ4n) is 2.16. The summed E-state index contributed by atoms with van der Waals surface area (Å²) in [5, 5.41) is 10.5. The van der Waals surface area contributed by atoms with E-state index in [1.165, 1.54) is 12.0 Å². The van der Waals surface area contributed by atoms with Crippen LogP contribution in [0.2, 0.25) is 0 Å². The molecule has 3 nitrogen and oxygen atoms in total. The average molecular weight is 252 g/mol. The molecule has 1 aromatic heterocycles. The lowest BCUT2D eigenvalue weighted by Gasteiger charge is -2.09. The number of amides is 1. The highest BCUT2D eigenvalue weighted by molar-refractivity contribution is 7.07. The highest BCUT2D eigenvalue weighted by atomic mass is 32.1. The van der Waals surface area contributed by atoms with Gasteiger partial charge in [0.05, 0.1) is 0 Å². The summed E-state index contributed by atoms with van der Waals surface area (Å²) in [6, 6.07) is 2.09. The van der Waals surface area contributed by atoms with Crippen molar-refractivity contribution < 1.29 is 4.79 Å². The van der Waals surface area contributed by atoms with Gasteiger partial charge in [-0.15, -0.1) is 0 Å². The fraction of sp³-hybridized carbons (Fsp3) is 0.615. The Balaban J connectivity index is 1.54. The molecule has 1 amide bonds. The molecule has 1 aliphatic rings. The van der Waals surface area contributed by atoms with Crippen molar-refractivity contribution >= 4 is 17.2 Å². The maximum absolute atomic E-state index is 11.6. The van der Waals surface area contributed by atoms with E-state index in [-0.39, 0.29) is 5.91 Å². The molecule has 4 heteroatoms. The second-order valence-corrected chi connectivity index (χ2v) is 5.41. The van der Waals surface area contributed by atoms with Gasteiger partial charge in [0.2, 0.25) is 5.91 Å². The van der Waals surface area contributed by atoms with Crippen LogP contribution in [0, 0.1) is 5.92 Å². The van der Waals surface area contributed by atoms with Gasteiger partial charge in [-0.3, -0.25) is 4.79 Å². The highest BCUT2D eigenvalue weighted by Gasteiger charge is 2.13.